The van der Waals surface area contributed by atoms with E-state index >= 15 is 0 Å². The predicted octanol–water partition coefficient (Wildman–Crippen LogP) is 6.10. The maximum absolute atomic E-state index is 6.34. The molecule has 1 nitrogen and oxygen atoms in total. The minimum Gasteiger partial charge on any atom is -0.495 e. The van der Waals surface area contributed by atoms with Gasteiger partial charge >= 0.3 is 0 Å². The maximum atomic E-state index is 6.34. The fourth-order valence-electron chi connectivity index (χ4n) is 2.23. The third kappa shape index (κ3) is 3.30. The topological polar surface area (TPSA) is 9.23 Å². The van der Waals surface area contributed by atoms with Crippen LogP contribution in [0.25, 0.3) is 0 Å². The van der Waals surface area contributed by atoms with Gasteiger partial charge in [0.2, 0.25) is 0 Å². The van der Waals surface area contributed by atoms with Crippen molar-refractivity contribution in [1.82, 2.24) is 0 Å². The number of benzene rings is 2. The Morgan fingerprint density at radius 2 is 1.55 bits per heavy atom. The van der Waals surface area contributed by atoms with Crippen LogP contribution in [0.15, 0.2) is 30.3 Å². The molecule has 0 aliphatic carbocycles. The zero-order valence-electron chi connectivity index (χ0n) is 11.5. The van der Waals surface area contributed by atoms with Crippen LogP contribution in [0.1, 0.15) is 27.1 Å². The molecule has 0 N–H and O–H groups in total. The zero-order chi connectivity index (χ0) is 14.9. The molecular formula is C16H15BrCl2O. The Hall–Kier alpha value is -0.700. The van der Waals surface area contributed by atoms with Gasteiger partial charge in [-0.15, -0.1) is 0 Å². The molecule has 4 heteroatoms. The molecule has 0 radical (unpaired) electrons. The Balaban J connectivity index is 2.47. The molecule has 0 fully saturated rings. The van der Waals surface area contributed by atoms with E-state index < -0.39 is 0 Å². The molecule has 0 bridgehead atoms. The molecule has 2 aromatic rings. The molecule has 2 rings (SSSR count). The summed E-state index contributed by atoms with van der Waals surface area (Å²) in [5.74, 6) is 0.584. The molecule has 0 heterocycles. The van der Waals surface area contributed by atoms with Gasteiger partial charge in [0.1, 0.15) is 5.75 Å². The smallest absolute Gasteiger partial charge is 0.138 e. The number of rotatable bonds is 3. The van der Waals surface area contributed by atoms with Crippen molar-refractivity contribution >= 4 is 39.1 Å². The van der Waals surface area contributed by atoms with E-state index in [0.717, 1.165) is 11.1 Å². The Bertz CT molecular complexity index is 620. The van der Waals surface area contributed by atoms with Gasteiger partial charge in [-0.05, 0) is 31.0 Å². The van der Waals surface area contributed by atoms with Crippen LogP contribution >= 0.6 is 39.1 Å². The molecule has 0 aromatic heterocycles. The van der Waals surface area contributed by atoms with Crippen molar-refractivity contribution in [1.29, 1.82) is 0 Å². The lowest BCUT2D eigenvalue weighted by atomic mass is 10.0. The van der Waals surface area contributed by atoms with Gasteiger partial charge in [-0.1, -0.05) is 68.5 Å². The number of aryl methyl sites for hydroxylation is 2. The summed E-state index contributed by atoms with van der Waals surface area (Å²) in [6.07, 6.45) is 0. The fourth-order valence-corrected chi connectivity index (χ4v) is 3.52. The highest BCUT2D eigenvalue weighted by atomic mass is 79.9. The van der Waals surface area contributed by atoms with E-state index in [4.69, 9.17) is 27.9 Å². The molecular weight excluding hydrogens is 359 g/mol. The van der Waals surface area contributed by atoms with Crippen molar-refractivity contribution in [2.45, 2.75) is 18.7 Å². The van der Waals surface area contributed by atoms with Crippen LogP contribution in [0.4, 0.5) is 0 Å². The highest BCUT2D eigenvalue weighted by molar-refractivity contribution is 9.09. The van der Waals surface area contributed by atoms with Gasteiger partial charge in [0.15, 0.2) is 0 Å². The first-order valence-corrected chi connectivity index (χ1v) is 7.84. The van der Waals surface area contributed by atoms with Crippen LogP contribution in [-0.2, 0) is 0 Å². The summed E-state index contributed by atoms with van der Waals surface area (Å²) in [6.45, 7) is 4.16. The van der Waals surface area contributed by atoms with Gasteiger partial charge in [-0.2, -0.15) is 0 Å². The summed E-state index contributed by atoms with van der Waals surface area (Å²) in [7, 11) is 1.58. The van der Waals surface area contributed by atoms with Crippen molar-refractivity contribution < 1.29 is 4.74 Å². The standard InChI is InChI=1S/C16H15BrCl2O/c1-9-4-10(2)6-11(5-9)16(17)12-7-14(19)15(20-3)8-13(12)18/h4-8,16H,1-3H3. The number of hydrogen-bond donors (Lipinski definition) is 0. The number of hydrogen-bond acceptors (Lipinski definition) is 1. The second kappa shape index (κ2) is 6.38. The third-order valence-corrected chi connectivity index (χ3v) is 4.73. The minimum atomic E-state index is -0.00277. The van der Waals surface area contributed by atoms with E-state index in [2.05, 4.69) is 48.0 Å². The van der Waals surface area contributed by atoms with Gasteiger partial charge in [0.25, 0.3) is 0 Å². The maximum Gasteiger partial charge on any atom is 0.138 e. The van der Waals surface area contributed by atoms with Crippen molar-refractivity contribution in [2.24, 2.45) is 0 Å². The summed E-state index contributed by atoms with van der Waals surface area (Å²) in [6, 6.07) is 10.0. The van der Waals surface area contributed by atoms with E-state index in [9.17, 15) is 0 Å². The van der Waals surface area contributed by atoms with Gasteiger partial charge < -0.3 is 4.74 Å². The minimum absolute atomic E-state index is 0.00277. The molecule has 2 aromatic carbocycles. The summed E-state index contributed by atoms with van der Waals surface area (Å²) in [5, 5.41) is 1.19. The van der Waals surface area contributed by atoms with Gasteiger partial charge in [0.05, 0.1) is 17.0 Å². The number of halogens is 3. The Morgan fingerprint density at radius 3 is 2.10 bits per heavy atom. The zero-order valence-corrected chi connectivity index (χ0v) is 14.6. The Labute approximate surface area is 138 Å². The quantitative estimate of drug-likeness (QED) is 0.590. The fraction of sp³-hybridized carbons (Fsp3) is 0.250. The van der Waals surface area contributed by atoms with Crippen molar-refractivity contribution in [3.05, 3.63) is 62.6 Å². The molecule has 0 aliphatic rings. The second-order valence-electron chi connectivity index (χ2n) is 4.79. The van der Waals surface area contributed by atoms with Crippen LogP contribution in [0.3, 0.4) is 0 Å². The van der Waals surface area contributed by atoms with Crippen LogP contribution in [0.5, 0.6) is 5.75 Å². The summed E-state index contributed by atoms with van der Waals surface area (Å²) < 4.78 is 5.17. The summed E-state index contributed by atoms with van der Waals surface area (Å²) in [4.78, 5) is -0.00277. The summed E-state index contributed by atoms with van der Waals surface area (Å²) >= 11 is 16.2. The molecule has 1 unspecified atom stereocenters. The molecule has 0 aliphatic heterocycles. The first-order chi connectivity index (χ1) is 9.42. The van der Waals surface area contributed by atoms with E-state index in [0.29, 0.717) is 15.8 Å². The highest BCUT2D eigenvalue weighted by Gasteiger charge is 2.17. The third-order valence-electron chi connectivity index (χ3n) is 3.08. The van der Waals surface area contributed by atoms with Crippen molar-refractivity contribution in [3.63, 3.8) is 0 Å². The van der Waals surface area contributed by atoms with E-state index in [1.165, 1.54) is 11.1 Å². The van der Waals surface area contributed by atoms with Gasteiger partial charge in [0, 0.05) is 11.1 Å². The molecule has 0 saturated carbocycles. The predicted molar refractivity (Wildman–Crippen MR) is 89.7 cm³/mol. The second-order valence-corrected chi connectivity index (χ2v) is 6.52. The van der Waals surface area contributed by atoms with E-state index in [1.54, 1.807) is 13.2 Å². The Morgan fingerprint density at radius 1 is 0.950 bits per heavy atom. The normalized spacial score (nSPS) is 12.3. The molecule has 0 amide bonds. The van der Waals surface area contributed by atoms with Crippen molar-refractivity contribution in [3.8, 4) is 5.75 Å². The van der Waals surface area contributed by atoms with Crippen LogP contribution < -0.4 is 4.74 Å². The van der Waals surface area contributed by atoms with E-state index in [1.807, 2.05) is 6.07 Å². The molecule has 106 valence electrons. The first kappa shape index (κ1) is 15.7. The lowest BCUT2D eigenvalue weighted by Crippen LogP contribution is -1.97. The lowest BCUT2D eigenvalue weighted by Gasteiger charge is -2.16. The number of ether oxygens (including phenoxy) is 1. The van der Waals surface area contributed by atoms with Gasteiger partial charge in [-0.3, -0.25) is 0 Å². The van der Waals surface area contributed by atoms with Crippen LogP contribution in [0.2, 0.25) is 10.0 Å². The first-order valence-electron chi connectivity index (χ1n) is 6.17. The molecule has 0 spiro atoms. The number of alkyl halides is 1. The van der Waals surface area contributed by atoms with Crippen LogP contribution in [0, 0.1) is 13.8 Å². The van der Waals surface area contributed by atoms with Crippen molar-refractivity contribution in [2.75, 3.05) is 7.11 Å². The monoisotopic (exact) mass is 372 g/mol. The SMILES string of the molecule is COc1cc(Cl)c(C(Br)c2cc(C)cc(C)c2)cc1Cl. The average molecular weight is 374 g/mol. The largest absolute Gasteiger partial charge is 0.495 e. The lowest BCUT2D eigenvalue weighted by molar-refractivity contribution is 0.415. The highest BCUT2D eigenvalue weighted by Crippen LogP contribution is 2.40. The molecule has 20 heavy (non-hydrogen) atoms. The average Bonchev–Trinajstić information content (AvgIpc) is 2.39. The molecule has 1 atom stereocenters. The Kier molecular flexibility index (Phi) is 5.00. The van der Waals surface area contributed by atoms with E-state index in [-0.39, 0.29) is 4.83 Å². The van der Waals surface area contributed by atoms with Crippen LogP contribution in [-0.4, -0.2) is 7.11 Å². The molecule has 0 saturated heterocycles. The summed E-state index contributed by atoms with van der Waals surface area (Å²) in [5.41, 5.74) is 4.54. The number of methoxy groups -OCH3 is 1. The van der Waals surface area contributed by atoms with Gasteiger partial charge in [-0.25, -0.2) is 0 Å².